The molecule has 9 nitrogen and oxygen atoms in total. The normalized spacial score (nSPS) is 14.7. The molecule has 0 bridgehead atoms. The summed E-state index contributed by atoms with van der Waals surface area (Å²) in [5.41, 5.74) is 2.60. The summed E-state index contributed by atoms with van der Waals surface area (Å²) >= 11 is 0. The molecule has 0 radical (unpaired) electrons. The Bertz CT molecular complexity index is 1560. The molecule has 1 fully saturated rings. The Morgan fingerprint density at radius 2 is 1.93 bits per heavy atom. The molecule has 1 aliphatic heterocycles. The van der Waals surface area contributed by atoms with Gasteiger partial charge in [-0.1, -0.05) is 24.8 Å². The average molecular weight is 546 g/mol. The molecular weight excluding hydrogens is 516 g/mol. The Morgan fingerprint density at radius 1 is 1.12 bits per heavy atom. The quantitative estimate of drug-likeness (QED) is 0.281. The molecule has 1 saturated heterocycles. The van der Waals surface area contributed by atoms with Crippen molar-refractivity contribution in [3.8, 4) is 11.1 Å². The molecule has 0 aliphatic carbocycles. The van der Waals surface area contributed by atoms with E-state index in [9.17, 15) is 9.90 Å². The molecule has 0 saturated carbocycles. The number of carbonyl (C=O) groups excluding carboxylic acids is 1. The first kappa shape index (κ1) is 27.1. The minimum Gasteiger partial charge on any atom is -0.392 e. The van der Waals surface area contributed by atoms with Crippen molar-refractivity contribution in [2.24, 2.45) is 0 Å². The van der Waals surface area contributed by atoms with E-state index in [1.807, 2.05) is 18.2 Å². The number of hydrogen-bond donors (Lipinski definition) is 3. The zero-order chi connectivity index (χ0) is 28.2. The molecular formula is C29H29F2N7O2. The Hall–Kier alpha value is -4.48. The van der Waals surface area contributed by atoms with Gasteiger partial charge in [0.05, 0.1) is 34.9 Å². The van der Waals surface area contributed by atoms with Crippen molar-refractivity contribution in [2.75, 3.05) is 48.3 Å². The molecule has 5 rings (SSSR count). The fourth-order valence-corrected chi connectivity index (χ4v) is 4.74. The lowest BCUT2D eigenvalue weighted by atomic mass is 10.0. The van der Waals surface area contributed by atoms with Gasteiger partial charge in [-0.2, -0.15) is 0 Å². The molecule has 206 valence electrons. The van der Waals surface area contributed by atoms with E-state index in [0.29, 0.717) is 49.5 Å². The van der Waals surface area contributed by atoms with Crippen LogP contribution < -0.4 is 15.5 Å². The van der Waals surface area contributed by atoms with Gasteiger partial charge >= 0.3 is 0 Å². The van der Waals surface area contributed by atoms with E-state index in [1.165, 1.54) is 18.3 Å². The monoisotopic (exact) mass is 545 g/mol. The molecule has 1 atom stereocenters. The number of aliphatic hydroxyl groups excluding tert-OH is 1. The van der Waals surface area contributed by atoms with Crippen LogP contribution in [-0.4, -0.2) is 69.7 Å². The summed E-state index contributed by atoms with van der Waals surface area (Å²) in [6, 6.07) is 10.3. The van der Waals surface area contributed by atoms with E-state index in [2.05, 4.69) is 37.1 Å². The third kappa shape index (κ3) is 5.90. The van der Waals surface area contributed by atoms with Gasteiger partial charge in [0.1, 0.15) is 0 Å². The van der Waals surface area contributed by atoms with E-state index < -0.39 is 17.7 Å². The summed E-state index contributed by atoms with van der Waals surface area (Å²) in [6.07, 6.45) is 5.50. The summed E-state index contributed by atoms with van der Waals surface area (Å²) in [4.78, 5) is 28.7. The highest BCUT2D eigenvalue weighted by Crippen LogP contribution is 2.31. The topological polar surface area (TPSA) is 107 Å². The standard InChI is InChI=1S/C29H29F2N7O2/c1-3-25(40)34-21-13-20(14-32-16-21)22-6-4-5-19-15-33-29(36-28(19)22)35-23-7-8-24(27(31)26(23)30)38-11-9-37(10-12-38)17-18(2)39/h3-8,13-16,18,39H,1,9-12,17H2,2H3,(H,34,40)(H,33,35,36). The number of aromatic nitrogens is 3. The molecule has 3 heterocycles. The highest BCUT2D eigenvalue weighted by atomic mass is 19.2. The van der Waals surface area contributed by atoms with Gasteiger partial charge in [0.2, 0.25) is 11.9 Å². The Labute approximate surface area is 230 Å². The first-order valence-electron chi connectivity index (χ1n) is 12.9. The maximum Gasteiger partial charge on any atom is 0.247 e. The molecule has 1 amide bonds. The van der Waals surface area contributed by atoms with Crippen LogP contribution in [0, 0.1) is 11.6 Å². The van der Waals surface area contributed by atoms with Gasteiger partial charge in [-0.05, 0) is 31.2 Å². The summed E-state index contributed by atoms with van der Waals surface area (Å²) in [5.74, 6) is -2.22. The molecule has 11 heteroatoms. The first-order chi connectivity index (χ1) is 19.3. The van der Waals surface area contributed by atoms with Gasteiger partial charge < -0.3 is 20.6 Å². The smallest absolute Gasteiger partial charge is 0.247 e. The number of fused-ring (bicyclic) bond motifs is 1. The van der Waals surface area contributed by atoms with E-state index in [0.717, 1.165) is 10.9 Å². The second-order valence-corrected chi connectivity index (χ2v) is 9.61. The van der Waals surface area contributed by atoms with Crippen LogP contribution in [0.15, 0.2) is 67.6 Å². The molecule has 40 heavy (non-hydrogen) atoms. The van der Waals surface area contributed by atoms with Gasteiger partial charge in [-0.25, -0.2) is 18.7 Å². The van der Waals surface area contributed by atoms with Crippen LogP contribution in [0.3, 0.4) is 0 Å². The molecule has 0 spiro atoms. The number of aliphatic hydroxyl groups is 1. The van der Waals surface area contributed by atoms with Crippen LogP contribution in [0.2, 0.25) is 0 Å². The minimum atomic E-state index is -1.02. The number of rotatable bonds is 8. The molecule has 3 N–H and O–H groups in total. The van der Waals surface area contributed by atoms with Crippen LogP contribution in [0.5, 0.6) is 0 Å². The van der Waals surface area contributed by atoms with Crippen molar-refractivity contribution in [3.63, 3.8) is 0 Å². The van der Waals surface area contributed by atoms with Crippen LogP contribution in [0.1, 0.15) is 6.92 Å². The average Bonchev–Trinajstić information content (AvgIpc) is 2.95. The summed E-state index contributed by atoms with van der Waals surface area (Å²) in [6.45, 7) is 8.09. The predicted molar refractivity (Wildman–Crippen MR) is 152 cm³/mol. The Kier molecular flexibility index (Phi) is 7.94. The zero-order valence-electron chi connectivity index (χ0n) is 21.9. The van der Waals surface area contributed by atoms with Crippen molar-refractivity contribution in [3.05, 3.63) is 79.3 Å². The predicted octanol–water partition coefficient (Wildman–Crippen LogP) is 4.34. The lowest BCUT2D eigenvalue weighted by Crippen LogP contribution is -2.48. The molecule has 2 aromatic carbocycles. The number of benzene rings is 2. The number of nitrogens with one attached hydrogen (secondary N) is 2. The largest absolute Gasteiger partial charge is 0.392 e. The highest BCUT2D eigenvalue weighted by Gasteiger charge is 2.23. The lowest BCUT2D eigenvalue weighted by molar-refractivity contribution is -0.111. The van der Waals surface area contributed by atoms with E-state index >= 15 is 8.78 Å². The minimum absolute atomic E-state index is 0.0818. The molecule has 1 aliphatic rings. The number of nitrogens with zero attached hydrogens (tertiary/aromatic N) is 5. The van der Waals surface area contributed by atoms with Crippen molar-refractivity contribution in [1.29, 1.82) is 0 Å². The van der Waals surface area contributed by atoms with Crippen LogP contribution >= 0.6 is 0 Å². The van der Waals surface area contributed by atoms with Crippen LogP contribution in [-0.2, 0) is 4.79 Å². The molecule has 2 aromatic heterocycles. The molecule has 1 unspecified atom stereocenters. The number of anilines is 4. The Balaban J connectivity index is 1.39. The van der Waals surface area contributed by atoms with Crippen molar-refractivity contribution < 1.29 is 18.7 Å². The Morgan fingerprint density at radius 3 is 2.67 bits per heavy atom. The van der Waals surface area contributed by atoms with Crippen LogP contribution in [0.25, 0.3) is 22.0 Å². The van der Waals surface area contributed by atoms with Gasteiger partial charge in [0.15, 0.2) is 11.6 Å². The number of piperazine rings is 1. The van der Waals surface area contributed by atoms with Crippen LogP contribution in [0.4, 0.5) is 31.8 Å². The highest BCUT2D eigenvalue weighted by molar-refractivity contribution is 6.00. The number of hydrogen-bond acceptors (Lipinski definition) is 8. The number of β-amino-alcohol motifs (C(OH)–C–C–N with tert-alkyl or cyclic N) is 1. The number of carbonyl (C=O) groups is 1. The van der Waals surface area contributed by atoms with Gasteiger partial charge in [-0.15, -0.1) is 0 Å². The second kappa shape index (κ2) is 11.7. The first-order valence-corrected chi connectivity index (χ1v) is 12.9. The summed E-state index contributed by atoms with van der Waals surface area (Å²) in [5, 5.41) is 15.8. The summed E-state index contributed by atoms with van der Waals surface area (Å²) in [7, 11) is 0. The van der Waals surface area contributed by atoms with Crippen molar-refractivity contribution in [2.45, 2.75) is 13.0 Å². The van der Waals surface area contributed by atoms with Gasteiger partial charge in [0, 0.05) is 61.6 Å². The number of halogens is 2. The number of para-hydroxylation sites is 1. The van der Waals surface area contributed by atoms with E-state index in [4.69, 9.17) is 0 Å². The number of amides is 1. The lowest BCUT2D eigenvalue weighted by Gasteiger charge is -2.36. The molecule has 4 aromatic rings. The maximum atomic E-state index is 15.2. The van der Waals surface area contributed by atoms with Gasteiger partial charge in [0.25, 0.3) is 0 Å². The SMILES string of the molecule is C=CC(=O)Nc1cncc(-c2cccc3cnc(Nc4ccc(N5CCN(CC(C)O)CC5)c(F)c4F)nc23)c1. The summed E-state index contributed by atoms with van der Waals surface area (Å²) < 4.78 is 30.3. The third-order valence-corrected chi connectivity index (χ3v) is 6.66. The van der Waals surface area contributed by atoms with Crippen molar-refractivity contribution in [1.82, 2.24) is 19.9 Å². The van der Waals surface area contributed by atoms with Crippen molar-refractivity contribution >= 4 is 39.8 Å². The van der Waals surface area contributed by atoms with E-state index in [-0.39, 0.29) is 23.2 Å². The maximum absolute atomic E-state index is 15.2. The fourth-order valence-electron chi connectivity index (χ4n) is 4.74. The zero-order valence-corrected chi connectivity index (χ0v) is 21.9. The fraction of sp³-hybridized carbons (Fsp3) is 0.241. The van der Waals surface area contributed by atoms with Gasteiger partial charge in [-0.3, -0.25) is 14.7 Å². The second-order valence-electron chi connectivity index (χ2n) is 9.61. The third-order valence-electron chi connectivity index (χ3n) is 6.66. The van der Waals surface area contributed by atoms with E-state index in [1.54, 1.807) is 36.4 Å². The number of pyridine rings is 1.